The molecule has 0 aliphatic rings. The maximum absolute atomic E-state index is 6.15. The van der Waals surface area contributed by atoms with E-state index in [1.807, 2.05) is 30.5 Å². The molecule has 0 saturated carbocycles. The topological polar surface area (TPSA) is 24.9 Å². The number of rotatable bonds is 4. The van der Waals surface area contributed by atoms with Crippen molar-refractivity contribution in [1.82, 2.24) is 10.3 Å². The Bertz CT molecular complexity index is 770. The van der Waals surface area contributed by atoms with Crippen LogP contribution >= 0.6 is 34.5 Å². The van der Waals surface area contributed by atoms with Crippen molar-refractivity contribution in [3.05, 3.63) is 63.1 Å². The Morgan fingerprint density at radius 2 is 2.00 bits per heavy atom. The first-order valence-corrected chi connectivity index (χ1v) is 8.34. The molecular formula is C16H14Cl2N2S. The van der Waals surface area contributed by atoms with E-state index in [-0.39, 0.29) is 6.04 Å². The van der Waals surface area contributed by atoms with Crippen molar-refractivity contribution in [3.63, 3.8) is 0 Å². The number of nitrogens with zero attached hydrogens (tertiary/aromatic N) is 1. The van der Waals surface area contributed by atoms with E-state index in [9.17, 15) is 0 Å². The van der Waals surface area contributed by atoms with Gasteiger partial charge in [-0.2, -0.15) is 0 Å². The fourth-order valence-electron chi connectivity index (χ4n) is 2.34. The number of thiophene rings is 1. The first-order chi connectivity index (χ1) is 10.2. The Morgan fingerprint density at radius 1 is 1.14 bits per heavy atom. The molecule has 3 rings (SSSR count). The van der Waals surface area contributed by atoms with Gasteiger partial charge >= 0.3 is 0 Å². The largest absolute Gasteiger partial charge is 0.306 e. The quantitative estimate of drug-likeness (QED) is 0.698. The zero-order valence-corrected chi connectivity index (χ0v) is 13.8. The average Bonchev–Trinajstić information content (AvgIpc) is 2.95. The minimum absolute atomic E-state index is 0.0590. The fourth-order valence-corrected chi connectivity index (χ4v) is 3.44. The molecule has 1 atom stereocenters. The van der Waals surface area contributed by atoms with E-state index in [1.54, 1.807) is 11.3 Å². The minimum atomic E-state index is 0.0590. The maximum atomic E-state index is 6.15. The first-order valence-electron chi connectivity index (χ1n) is 6.70. The third kappa shape index (κ3) is 3.06. The van der Waals surface area contributed by atoms with Gasteiger partial charge in [-0.15, -0.1) is 11.3 Å². The number of hydrogen-bond acceptors (Lipinski definition) is 3. The summed E-state index contributed by atoms with van der Waals surface area (Å²) in [6, 6.07) is 10.0. The van der Waals surface area contributed by atoms with Gasteiger partial charge in [-0.25, -0.2) is 0 Å². The summed E-state index contributed by atoms with van der Waals surface area (Å²) < 4.78 is 1.19. The van der Waals surface area contributed by atoms with Crippen LogP contribution in [0.25, 0.3) is 10.2 Å². The van der Waals surface area contributed by atoms with Crippen LogP contribution in [-0.4, -0.2) is 11.5 Å². The third-order valence-corrected chi connectivity index (χ3v) is 4.93. The van der Waals surface area contributed by atoms with E-state index in [0.29, 0.717) is 10.0 Å². The number of pyridine rings is 1. The Balaban J connectivity index is 2.05. The van der Waals surface area contributed by atoms with Crippen molar-refractivity contribution in [1.29, 1.82) is 0 Å². The summed E-state index contributed by atoms with van der Waals surface area (Å²) in [5.74, 6) is 0. The maximum Gasteiger partial charge on any atom is 0.0809 e. The van der Waals surface area contributed by atoms with Crippen LogP contribution in [0.4, 0.5) is 0 Å². The standard InChI is InChI=1S/C16H14Cl2N2S/c1-2-19-16(10-3-4-12(17)13(18)7-10)11-8-15-14(20-9-11)5-6-21-15/h3-9,16,19H,2H2,1H3. The summed E-state index contributed by atoms with van der Waals surface area (Å²) >= 11 is 13.9. The highest BCUT2D eigenvalue weighted by molar-refractivity contribution is 7.17. The number of hydrogen-bond donors (Lipinski definition) is 1. The molecule has 0 radical (unpaired) electrons. The number of aromatic nitrogens is 1. The molecule has 2 aromatic heterocycles. The van der Waals surface area contributed by atoms with E-state index < -0.39 is 0 Å². The summed E-state index contributed by atoms with van der Waals surface area (Å²) in [7, 11) is 0. The predicted molar refractivity (Wildman–Crippen MR) is 91.6 cm³/mol. The zero-order chi connectivity index (χ0) is 14.8. The highest BCUT2D eigenvalue weighted by Crippen LogP contribution is 2.30. The van der Waals surface area contributed by atoms with Crippen LogP contribution in [-0.2, 0) is 0 Å². The van der Waals surface area contributed by atoms with E-state index in [1.165, 1.54) is 4.70 Å². The lowest BCUT2D eigenvalue weighted by atomic mass is 10.00. The van der Waals surface area contributed by atoms with Gasteiger partial charge < -0.3 is 5.32 Å². The van der Waals surface area contributed by atoms with Gasteiger partial charge in [0.2, 0.25) is 0 Å². The molecule has 5 heteroatoms. The molecule has 21 heavy (non-hydrogen) atoms. The number of nitrogens with one attached hydrogen (secondary N) is 1. The second-order valence-corrected chi connectivity index (χ2v) is 6.50. The van der Waals surface area contributed by atoms with Gasteiger partial charge in [0.15, 0.2) is 0 Å². The van der Waals surface area contributed by atoms with Gasteiger partial charge in [0.1, 0.15) is 0 Å². The zero-order valence-electron chi connectivity index (χ0n) is 11.4. The molecule has 3 aromatic rings. The van der Waals surface area contributed by atoms with Crippen LogP contribution in [0.5, 0.6) is 0 Å². The van der Waals surface area contributed by atoms with Crippen molar-refractivity contribution in [3.8, 4) is 0 Å². The van der Waals surface area contributed by atoms with E-state index in [2.05, 4.69) is 28.7 Å². The van der Waals surface area contributed by atoms with Gasteiger partial charge in [-0.05, 0) is 47.3 Å². The highest BCUT2D eigenvalue weighted by Gasteiger charge is 2.15. The molecule has 1 aromatic carbocycles. The minimum Gasteiger partial charge on any atom is -0.306 e. The third-order valence-electron chi connectivity index (χ3n) is 3.34. The Kier molecular flexibility index (Phi) is 4.45. The molecule has 1 unspecified atom stereocenters. The van der Waals surface area contributed by atoms with Crippen molar-refractivity contribution in [2.45, 2.75) is 13.0 Å². The average molecular weight is 337 g/mol. The molecule has 108 valence electrons. The fraction of sp³-hybridized carbons (Fsp3) is 0.188. The summed E-state index contributed by atoms with van der Waals surface area (Å²) in [4.78, 5) is 4.52. The Morgan fingerprint density at radius 3 is 2.76 bits per heavy atom. The second-order valence-electron chi connectivity index (χ2n) is 4.74. The SMILES string of the molecule is CCNC(c1ccc(Cl)c(Cl)c1)c1cnc2ccsc2c1. The first kappa shape index (κ1) is 14.8. The van der Waals surface area contributed by atoms with Crippen molar-refractivity contribution < 1.29 is 0 Å². The van der Waals surface area contributed by atoms with Crippen molar-refractivity contribution in [2.75, 3.05) is 6.54 Å². The van der Waals surface area contributed by atoms with Gasteiger partial charge in [-0.3, -0.25) is 4.98 Å². The lowest BCUT2D eigenvalue weighted by molar-refractivity contribution is 0.630. The summed E-state index contributed by atoms with van der Waals surface area (Å²) in [6.45, 7) is 2.94. The Hall–Kier alpha value is -1.13. The lowest BCUT2D eigenvalue weighted by Gasteiger charge is -2.19. The number of benzene rings is 1. The Labute approximate surface area is 137 Å². The number of halogens is 2. The summed E-state index contributed by atoms with van der Waals surface area (Å²) in [6.07, 6.45) is 1.92. The predicted octanol–water partition coefficient (Wildman–Crippen LogP) is 5.30. The van der Waals surface area contributed by atoms with Crippen LogP contribution in [0.15, 0.2) is 41.9 Å². The van der Waals surface area contributed by atoms with Crippen LogP contribution in [0, 0.1) is 0 Å². The van der Waals surface area contributed by atoms with E-state index in [0.717, 1.165) is 23.2 Å². The molecule has 0 amide bonds. The van der Waals surface area contributed by atoms with Crippen LogP contribution < -0.4 is 5.32 Å². The molecule has 0 aliphatic carbocycles. The van der Waals surface area contributed by atoms with Gasteiger partial charge in [-0.1, -0.05) is 36.2 Å². The molecule has 0 spiro atoms. The number of fused-ring (bicyclic) bond motifs is 1. The van der Waals surface area contributed by atoms with E-state index >= 15 is 0 Å². The van der Waals surface area contributed by atoms with Gasteiger partial charge in [0.25, 0.3) is 0 Å². The molecule has 2 heterocycles. The molecule has 2 nitrogen and oxygen atoms in total. The van der Waals surface area contributed by atoms with E-state index in [4.69, 9.17) is 23.2 Å². The molecular weight excluding hydrogens is 323 g/mol. The van der Waals surface area contributed by atoms with Crippen molar-refractivity contribution in [2.24, 2.45) is 0 Å². The molecule has 0 bridgehead atoms. The molecule has 0 aliphatic heterocycles. The summed E-state index contributed by atoms with van der Waals surface area (Å²) in [5.41, 5.74) is 3.25. The van der Waals surface area contributed by atoms with Crippen molar-refractivity contribution >= 4 is 44.8 Å². The highest BCUT2D eigenvalue weighted by atomic mass is 35.5. The lowest BCUT2D eigenvalue weighted by Crippen LogP contribution is -2.22. The van der Waals surface area contributed by atoms with Gasteiger partial charge in [0, 0.05) is 6.20 Å². The normalized spacial score (nSPS) is 12.7. The van der Waals surface area contributed by atoms with Crippen LogP contribution in [0.3, 0.4) is 0 Å². The molecule has 0 fully saturated rings. The van der Waals surface area contributed by atoms with Crippen LogP contribution in [0.1, 0.15) is 24.1 Å². The van der Waals surface area contributed by atoms with Crippen LogP contribution in [0.2, 0.25) is 10.0 Å². The second kappa shape index (κ2) is 6.32. The van der Waals surface area contributed by atoms with Gasteiger partial charge in [0.05, 0.1) is 26.3 Å². The molecule has 0 saturated heterocycles. The summed E-state index contributed by atoms with van der Waals surface area (Å²) in [5, 5.41) is 6.68. The molecule has 1 N–H and O–H groups in total. The monoisotopic (exact) mass is 336 g/mol. The smallest absolute Gasteiger partial charge is 0.0809 e.